The number of benzene rings is 2. The van der Waals surface area contributed by atoms with Gasteiger partial charge in [-0.2, -0.15) is 9.90 Å². The number of fused-ring (bicyclic) bond motifs is 1. The zero-order chi connectivity index (χ0) is 22.2. The molecule has 0 fully saturated rings. The second-order valence-electron chi connectivity index (χ2n) is 7.00. The highest BCUT2D eigenvalue weighted by atomic mass is 79.9. The molecule has 0 saturated carbocycles. The summed E-state index contributed by atoms with van der Waals surface area (Å²) in [7, 11) is 1.60. The molecule has 0 bridgehead atoms. The highest BCUT2D eigenvalue weighted by molar-refractivity contribution is 9.10. The maximum absolute atomic E-state index is 13.7. The molecule has 0 N–H and O–H groups in total. The third-order valence-corrected chi connectivity index (χ3v) is 5.55. The number of aromatic nitrogens is 8. The van der Waals surface area contributed by atoms with E-state index in [1.807, 2.05) is 48.5 Å². The van der Waals surface area contributed by atoms with Gasteiger partial charge in [0.05, 0.1) is 18.5 Å². The molecule has 0 aliphatic heterocycles. The number of hydrogen-bond acceptors (Lipinski definition) is 7. The van der Waals surface area contributed by atoms with Gasteiger partial charge in [-0.05, 0) is 60.7 Å². The first-order valence-corrected chi connectivity index (χ1v) is 10.5. The molecule has 11 heteroatoms. The summed E-state index contributed by atoms with van der Waals surface area (Å²) in [5.74, 6) is 1.25. The Morgan fingerprint density at radius 1 is 1.03 bits per heavy atom. The van der Waals surface area contributed by atoms with Crippen LogP contribution in [0.15, 0.2) is 64.1 Å². The largest absolute Gasteiger partial charge is 0.497 e. The lowest BCUT2D eigenvalue weighted by atomic mass is 10.2. The van der Waals surface area contributed by atoms with Gasteiger partial charge in [0.2, 0.25) is 0 Å². The van der Waals surface area contributed by atoms with Gasteiger partial charge in [0.1, 0.15) is 29.3 Å². The summed E-state index contributed by atoms with van der Waals surface area (Å²) < 4.78 is 9.36. The molecule has 0 radical (unpaired) electrons. The van der Waals surface area contributed by atoms with E-state index in [2.05, 4.69) is 31.3 Å². The molecule has 5 aromatic rings. The molecule has 32 heavy (non-hydrogen) atoms. The molecule has 0 aliphatic carbocycles. The lowest BCUT2D eigenvalue weighted by molar-refractivity contribution is 0.414. The average molecular weight is 493 g/mol. The number of methoxy groups -OCH3 is 1. The fraction of sp³-hybridized carbons (Fsp3) is 0.143. The Bertz CT molecular complexity index is 1460. The van der Waals surface area contributed by atoms with Crippen LogP contribution < -0.4 is 10.3 Å². The zero-order valence-electron chi connectivity index (χ0n) is 17.2. The van der Waals surface area contributed by atoms with Gasteiger partial charge >= 0.3 is 0 Å². The standard InChI is InChI=1S/C21H17BrN8O2/c1-13-25-19-18(11-28-24-12-23-27-28)26-30(16-7-9-17(32-2)10-8-16)20(19)21(31)29(13)15-5-3-14(22)4-6-15/h3-10,12H,11H2,1-2H3. The minimum absolute atomic E-state index is 0.226. The molecule has 0 saturated heterocycles. The molecule has 5 rings (SSSR count). The Labute approximate surface area is 190 Å². The highest BCUT2D eigenvalue weighted by Crippen LogP contribution is 2.22. The van der Waals surface area contributed by atoms with Gasteiger partial charge in [-0.25, -0.2) is 9.67 Å². The highest BCUT2D eigenvalue weighted by Gasteiger charge is 2.21. The van der Waals surface area contributed by atoms with Crippen molar-refractivity contribution < 1.29 is 4.74 Å². The minimum Gasteiger partial charge on any atom is -0.497 e. The number of halogens is 1. The van der Waals surface area contributed by atoms with Crippen LogP contribution in [0.25, 0.3) is 22.4 Å². The molecule has 0 atom stereocenters. The van der Waals surface area contributed by atoms with E-state index in [9.17, 15) is 4.79 Å². The third kappa shape index (κ3) is 3.46. The van der Waals surface area contributed by atoms with Crippen molar-refractivity contribution in [2.45, 2.75) is 13.5 Å². The Morgan fingerprint density at radius 2 is 1.75 bits per heavy atom. The van der Waals surface area contributed by atoms with Crippen molar-refractivity contribution in [3.8, 4) is 17.1 Å². The molecule has 0 unspecified atom stereocenters. The minimum atomic E-state index is -0.226. The second kappa shape index (κ2) is 8.00. The summed E-state index contributed by atoms with van der Waals surface area (Å²) in [6.45, 7) is 2.03. The number of ether oxygens (including phenoxy) is 1. The van der Waals surface area contributed by atoms with Gasteiger partial charge in [-0.1, -0.05) is 15.9 Å². The normalized spacial score (nSPS) is 11.2. The third-order valence-electron chi connectivity index (χ3n) is 5.02. The van der Waals surface area contributed by atoms with E-state index in [0.717, 1.165) is 4.47 Å². The van der Waals surface area contributed by atoms with Crippen LogP contribution in [0.2, 0.25) is 0 Å². The monoisotopic (exact) mass is 492 g/mol. The molecule has 0 amide bonds. The number of aryl methyl sites for hydroxylation is 1. The number of rotatable bonds is 5. The number of nitrogens with zero attached hydrogens (tertiary/aromatic N) is 8. The van der Waals surface area contributed by atoms with Crippen molar-refractivity contribution in [3.05, 3.63) is 81.2 Å². The Hall–Kier alpha value is -3.86. The molecular formula is C21H17BrN8O2. The topological polar surface area (TPSA) is 106 Å². The van der Waals surface area contributed by atoms with E-state index < -0.39 is 0 Å². The quantitative estimate of drug-likeness (QED) is 0.371. The van der Waals surface area contributed by atoms with Crippen LogP contribution in [0, 0.1) is 6.92 Å². The van der Waals surface area contributed by atoms with Crippen LogP contribution in [-0.4, -0.2) is 46.6 Å². The molecule has 3 heterocycles. The van der Waals surface area contributed by atoms with Crippen molar-refractivity contribution in [1.29, 1.82) is 0 Å². The lowest BCUT2D eigenvalue weighted by Gasteiger charge is -2.11. The Morgan fingerprint density at radius 3 is 2.41 bits per heavy atom. The smallest absolute Gasteiger partial charge is 0.284 e. The summed E-state index contributed by atoms with van der Waals surface area (Å²) in [6.07, 6.45) is 1.35. The second-order valence-corrected chi connectivity index (χ2v) is 7.91. The zero-order valence-corrected chi connectivity index (χ0v) is 18.8. The van der Waals surface area contributed by atoms with Gasteiger partial charge < -0.3 is 4.74 Å². The van der Waals surface area contributed by atoms with Gasteiger partial charge in [0.15, 0.2) is 11.8 Å². The maximum atomic E-state index is 13.7. The van der Waals surface area contributed by atoms with Crippen LogP contribution >= 0.6 is 15.9 Å². The van der Waals surface area contributed by atoms with Gasteiger partial charge in [0.25, 0.3) is 5.56 Å². The number of hydrogen-bond donors (Lipinski definition) is 0. The SMILES string of the molecule is COc1ccc(-n2nc(Cn3ncnn3)c3nc(C)n(-c4ccc(Br)cc4)c(=O)c32)cc1. The van der Waals surface area contributed by atoms with E-state index in [0.29, 0.717) is 39.7 Å². The molecular weight excluding hydrogens is 476 g/mol. The lowest BCUT2D eigenvalue weighted by Crippen LogP contribution is -2.24. The molecule has 10 nitrogen and oxygen atoms in total. The number of tetrazole rings is 1. The van der Waals surface area contributed by atoms with Crippen molar-refractivity contribution in [2.75, 3.05) is 7.11 Å². The van der Waals surface area contributed by atoms with Crippen molar-refractivity contribution in [1.82, 2.24) is 39.5 Å². The van der Waals surface area contributed by atoms with Gasteiger partial charge in [0, 0.05) is 4.47 Å². The van der Waals surface area contributed by atoms with Crippen molar-refractivity contribution in [2.24, 2.45) is 0 Å². The van der Waals surface area contributed by atoms with Gasteiger partial charge in [-0.15, -0.1) is 10.2 Å². The van der Waals surface area contributed by atoms with Crippen LogP contribution in [0.3, 0.4) is 0 Å². The molecule has 0 spiro atoms. The van der Waals surface area contributed by atoms with E-state index in [4.69, 9.17) is 14.8 Å². The summed E-state index contributed by atoms with van der Waals surface area (Å²) >= 11 is 3.43. The van der Waals surface area contributed by atoms with Crippen LogP contribution in [0.1, 0.15) is 11.5 Å². The van der Waals surface area contributed by atoms with E-state index >= 15 is 0 Å². The molecule has 160 valence electrons. The van der Waals surface area contributed by atoms with Gasteiger partial charge in [-0.3, -0.25) is 9.36 Å². The van der Waals surface area contributed by atoms with E-state index in [1.165, 1.54) is 11.1 Å². The van der Waals surface area contributed by atoms with Crippen LogP contribution in [-0.2, 0) is 6.54 Å². The van der Waals surface area contributed by atoms with Crippen molar-refractivity contribution in [3.63, 3.8) is 0 Å². The molecule has 3 aromatic heterocycles. The van der Waals surface area contributed by atoms with Crippen molar-refractivity contribution >= 4 is 27.0 Å². The fourth-order valence-electron chi connectivity index (χ4n) is 3.54. The summed E-state index contributed by atoms with van der Waals surface area (Å²) in [6, 6.07) is 14.8. The first kappa shape index (κ1) is 20.1. The predicted octanol–water partition coefficient (Wildman–Crippen LogP) is 2.69. The predicted molar refractivity (Wildman–Crippen MR) is 120 cm³/mol. The first-order chi connectivity index (χ1) is 15.5. The van der Waals surface area contributed by atoms with E-state index in [1.54, 1.807) is 23.3 Å². The summed E-state index contributed by atoms with van der Waals surface area (Å²) in [4.78, 5) is 19.9. The van der Waals surface area contributed by atoms with Crippen LogP contribution in [0.5, 0.6) is 5.75 Å². The average Bonchev–Trinajstić information content (AvgIpc) is 3.44. The van der Waals surface area contributed by atoms with Crippen LogP contribution in [0.4, 0.5) is 0 Å². The Balaban J connectivity index is 1.77. The van der Waals surface area contributed by atoms with E-state index in [-0.39, 0.29) is 12.1 Å². The maximum Gasteiger partial charge on any atom is 0.284 e. The first-order valence-electron chi connectivity index (χ1n) is 9.67. The molecule has 0 aliphatic rings. The molecule has 2 aromatic carbocycles. The Kier molecular flexibility index (Phi) is 5.02. The fourth-order valence-corrected chi connectivity index (χ4v) is 3.80. The summed E-state index contributed by atoms with van der Waals surface area (Å²) in [5, 5.41) is 16.4. The summed E-state index contributed by atoms with van der Waals surface area (Å²) in [5.41, 5.74) is 2.62.